The van der Waals surface area contributed by atoms with E-state index in [4.69, 9.17) is 0 Å². The molecule has 0 aliphatic carbocycles. The monoisotopic (exact) mass is 228 g/mol. The SMILES string of the molecule is Cc1cc(C)n(CC(=O)Cc2ccccc2)n1. The largest absolute Gasteiger partial charge is 0.297 e. The molecule has 88 valence electrons. The summed E-state index contributed by atoms with van der Waals surface area (Å²) in [6, 6.07) is 11.8. The molecule has 1 heterocycles. The average molecular weight is 228 g/mol. The van der Waals surface area contributed by atoms with E-state index in [0.717, 1.165) is 17.0 Å². The molecule has 1 aromatic carbocycles. The van der Waals surface area contributed by atoms with Gasteiger partial charge >= 0.3 is 0 Å². The van der Waals surface area contributed by atoms with Gasteiger partial charge in [0.1, 0.15) is 6.54 Å². The molecular formula is C14H16N2O. The van der Waals surface area contributed by atoms with Gasteiger partial charge in [0, 0.05) is 12.1 Å². The number of Topliss-reactive ketones (excluding diaryl/α,β-unsaturated/α-hetero) is 1. The van der Waals surface area contributed by atoms with Crippen LogP contribution in [0.15, 0.2) is 36.4 Å². The van der Waals surface area contributed by atoms with Crippen molar-refractivity contribution >= 4 is 5.78 Å². The van der Waals surface area contributed by atoms with Crippen molar-refractivity contribution in [2.24, 2.45) is 0 Å². The number of nitrogens with zero attached hydrogens (tertiary/aromatic N) is 2. The van der Waals surface area contributed by atoms with Gasteiger partial charge in [0.25, 0.3) is 0 Å². The van der Waals surface area contributed by atoms with Gasteiger partial charge in [-0.1, -0.05) is 30.3 Å². The molecule has 0 saturated carbocycles. The number of carbonyl (C=O) groups is 1. The molecule has 0 spiro atoms. The molecule has 3 nitrogen and oxygen atoms in total. The summed E-state index contributed by atoms with van der Waals surface area (Å²) in [5.74, 6) is 0.183. The van der Waals surface area contributed by atoms with Crippen LogP contribution in [0, 0.1) is 13.8 Å². The Balaban J connectivity index is 2.01. The first kappa shape index (κ1) is 11.6. The summed E-state index contributed by atoms with van der Waals surface area (Å²) >= 11 is 0. The fourth-order valence-corrected chi connectivity index (χ4v) is 1.88. The van der Waals surface area contributed by atoms with E-state index in [1.54, 1.807) is 4.68 Å². The van der Waals surface area contributed by atoms with Crippen LogP contribution in [0.4, 0.5) is 0 Å². The van der Waals surface area contributed by atoms with E-state index in [9.17, 15) is 4.79 Å². The number of aryl methyl sites for hydroxylation is 2. The van der Waals surface area contributed by atoms with E-state index in [-0.39, 0.29) is 5.78 Å². The Kier molecular flexibility index (Phi) is 3.38. The van der Waals surface area contributed by atoms with Crippen molar-refractivity contribution < 1.29 is 4.79 Å². The molecular weight excluding hydrogens is 212 g/mol. The van der Waals surface area contributed by atoms with Gasteiger partial charge in [0.15, 0.2) is 5.78 Å². The average Bonchev–Trinajstić information content (AvgIpc) is 2.58. The molecule has 0 bridgehead atoms. The van der Waals surface area contributed by atoms with Gasteiger partial charge in [-0.2, -0.15) is 5.10 Å². The fourth-order valence-electron chi connectivity index (χ4n) is 1.88. The summed E-state index contributed by atoms with van der Waals surface area (Å²) in [5, 5.41) is 4.29. The van der Waals surface area contributed by atoms with Crippen LogP contribution in [0.2, 0.25) is 0 Å². The van der Waals surface area contributed by atoms with Crippen LogP contribution in [0.1, 0.15) is 17.0 Å². The molecule has 3 heteroatoms. The summed E-state index contributed by atoms with van der Waals surface area (Å²) in [4.78, 5) is 11.9. The second-order valence-electron chi connectivity index (χ2n) is 4.29. The number of carbonyl (C=O) groups excluding carboxylic acids is 1. The van der Waals surface area contributed by atoms with Crippen molar-refractivity contribution in [1.29, 1.82) is 0 Å². The van der Waals surface area contributed by atoms with Crippen molar-refractivity contribution in [3.05, 3.63) is 53.3 Å². The number of hydrogen-bond acceptors (Lipinski definition) is 2. The number of hydrogen-bond donors (Lipinski definition) is 0. The van der Waals surface area contributed by atoms with Crippen LogP contribution in [0.3, 0.4) is 0 Å². The highest BCUT2D eigenvalue weighted by molar-refractivity contribution is 5.80. The molecule has 0 fully saturated rings. The quantitative estimate of drug-likeness (QED) is 0.805. The van der Waals surface area contributed by atoms with Crippen molar-refractivity contribution in [2.45, 2.75) is 26.8 Å². The number of aromatic nitrogens is 2. The van der Waals surface area contributed by atoms with Crippen LogP contribution >= 0.6 is 0 Å². The van der Waals surface area contributed by atoms with E-state index in [1.807, 2.05) is 50.2 Å². The van der Waals surface area contributed by atoms with Crippen LogP contribution in [0.25, 0.3) is 0 Å². The van der Waals surface area contributed by atoms with Crippen LogP contribution in [0.5, 0.6) is 0 Å². The Morgan fingerprint density at radius 1 is 1.24 bits per heavy atom. The predicted molar refractivity (Wildman–Crippen MR) is 66.9 cm³/mol. The topological polar surface area (TPSA) is 34.9 Å². The number of rotatable bonds is 4. The second-order valence-corrected chi connectivity index (χ2v) is 4.29. The molecule has 0 unspecified atom stereocenters. The van der Waals surface area contributed by atoms with Crippen LogP contribution in [-0.4, -0.2) is 15.6 Å². The molecule has 0 saturated heterocycles. The van der Waals surface area contributed by atoms with Crippen molar-refractivity contribution in [3.8, 4) is 0 Å². The number of benzene rings is 1. The maximum Gasteiger partial charge on any atom is 0.158 e. The van der Waals surface area contributed by atoms with Gasteiger partial charge in [-0.25, -0.2) is 0 Å². The highest BCUT2D eigenvalue weighted by Gasteiger charge is 2.07. The summed E-state index contributed by atoms with van der Waals surface area (Å²) in [7, 11) is 0. The number of ketones is 1. The van der Waals surface area contributed by atoms with E-state index < -0.39 is 0 Å². The smallest absolute Gasteiger partial charge is 0.158 e. The first-order valence-electron chi connectivity index (χ1n) is 5.72. The normalized spacial score (nSPS) is 10.5. The molecule has 0 atom stereocenters. The van der Waals surface area contributed by atoms with Crippen LogP contribution in [-0.2, 0) is 17.8 Å². The maximum absolute atomic E-state index is 11.9. The van der Waals surface area contributed by atoms with Gasteiger partial charge < -0.3 is 0 Å². The minimum Gasteiger partial charge on any atom is -0.297 e. The molecule has 1 aromatic heterocycles. The molecule has 0 N–H and O–H groups in total. The molecule has 2 rings (SSSR count). The van der Waals surface area contributed by atoms with Crippen LogP contribution < -0.4 is 0 Å². The Hall–Kier alpha value is -1.90. The molecule has 0 amide bonds. The summed E-state index contributed by atoms with van der Waals surface area (Å²) in [5.41, 5.74) is 3.04. The van der Waals surface area contributed by atoms with E-state index in [1.165, 1.54) is 0 Å². The van der Waals surface area contributed by atoms with Crippen molar-refractivity contribution in [3.63, 3.8) is 0 Å². The first-order valence-corrected chi connectivity index (χ1v) is 5.72. The standard InChI is InChI=1S/C14H16N2O/c1-11-8-12(2)16(15-11)10-14(17)9-13-6-4-3-5-7-13/h3-8H,9-10H2,1-2H3. The summed E-state index contributed by atoms with van der Waals surface area (Å²) in [6.45, 7) is 4.26. The zero-order valence-electron chi connectivity index (χ0n) is 10.2. The maximum atomic E-state index is 11.9. The second kappa shape index (κ2) is 4.95. The van der Waals surface area contributed by atoms with Gasteiger partial charge in [0.05, 0.1) is 5.69 Å². The zero-order valence-corrected chi connectivity index (χ0v) is 10.2. The van der Waals surface area contributed by atoms with E-state index in [0.29, 0.717) is 13.0 Å². The third-order valence-electron chi connectivity index (χ3n) is 2.67. The predicted octanol–water partition coefficient (Wildman–Crippen LogP) is 2.31. The van der Waals surface area contributed by atoms with Gasteiger partial charge in [-0.15, -0.1) is 0 Å². The molecule has 2 aromatic rings. The lowest BCUT2D eigenvalue weighted by Gasteiger charge is -2.03. The van der Waals surface area contributed by atoms with Crippen molar-refractivity contribution in [2.75, 3.05) is 0 Å². The lowest BCUT2D eigenvalue weighted by atomic mass is 10.1. The molecule has 17 heavy (non-hydrogen) atoms. The van der Waals surface area contributed by atoms with Gasteiger partial charge in [-0.05, 0) is 25.5 Å². The third-order valence-corrected chi connectivity index (χ3v) is 2.67. The van der Waals surface area contributed by atoms with E-state index in [2.05, 4.69) is 5.10 Å². The lowest BCUT2D eigenvalue weighted by Crippen LogP contribution is -2.14. The summed E-state index contributed by atoms with van der Waals surface area (Å²) in [6.07, 6.45) is 0.471. The minimum atomic E-state index is 0.183. The Morgan fingerprint density at radius 2 is 1.94 bits per heavy atom. The molecule has 0 aliphatic rings. The highest BCUT2D eigenvalue weighted by Crippen LogP contribution is 2.04. The summed E-state index contributed by atoms with van der Waals surface area (Å²) < 4.78 is 1.76. The van der Waals surface area contributed by atoms with Gasteiger partial charge in [-0.3, -0.25) is 9.48 Å². The van der Waals surface area contributed by atoms with Gasteiger partial charge in [0.2, 0.25) is 0 Å². The highest BCUT2D eigenvalue weighted by atomic mass is 16.1. The minimum absolute atomic E-state index is 0.183. The molecule has 0 radical (unpaired) electrons. The van der Waals surface area contributed by atoms with Crippen molar-refractivity contribution in [1.82, 2.24) is 9.78 Å². The zero-order chi connectivity index (χ0) is 12.3. The Bertz CT molecular complexity index is 514. The Morgan fingerprint density at radius 3 is 2.53 bits per heavy atom. The molecule has 0 aliphatic heterocycles. The van der Waals surface area contributed by atoms with E-state index >= 15 is 0 Å². The fraction of sp³-hybridized carbons (Fsp3) is 0.286. The first-order chi connectivity index (χ1) is 8.15. The Labute approximate surface area is 101 Å². The lowest BCUT2D eigenvalue weighted by molar-refractivity contribution is -0.119. The third kappa shape index (κ3) is 3.03.